The van der Waals surface area contributed by atoms with Gasteiger partial charge in [-0.1, -0.05) is 17.7 Å². The number of aliphatic hydroxyl groups is 1. The largest absolute Gasteiger partial charge is 0.442 e. The number of anilines is 1. The normalized spacial score (nSPS) is 20.7. The summed E-state index contributed by atoms with van der Waals surface area (Å²) in [6, 6.07) is 13.1. The molecular weight excluding hydrogens is 564 g/mol. The first kappa shape index (κ1) is 29.3. The van der Waals surface area contributed by atoms with Crippen LogP contribution >= 0.6 is 22.9 Å². The zero-order chi connectivity index (χ0) is 28.9. The number of aryl methyl sites for hydroxylation is 2. The molecule has 2 aliphatic rings. The Morgan fingerprint density at radius 3 is 2.68 bits per heavy atom. The van der Waals surface area contributed by atoms with Crippen LogP contribution in [-0.2, 0) is 11.2 Å². The summed E-state index contributed by atoms with van der Waals surface area (Å²) in [5.41, 5.74) is 2.98. The van der Waals surface area contributed by atoms with E-state index in [0.717, 1.165) is 55.5 Å². The Morgan fingerprint density at radius 1 is 1.15 bits per heavy atom. The molecule has 1 aliphatic heterocycles. The maximum Gasteiger partial charge on any atom is 0.414 e. The number of carbonyl (C=O) groups is 2. The number of cyclic esters (lactones) is 1. The lowest BCUT2D eigenvalue weighted by atomic mass is 9.93. The van der Waals surface area contributed by atoms with E-state index in [-0.39, 0.29) is 24.1 Å². The van der Waals surface area contributed by atoms with E-state index in [1.165, 1.54) is 16.2 Å². The van der Waals surface area contributed by atoms with Crippen molar-refractivity contribution in [2.24, 2.45) is 0 Å². The van der Waals surface area contributed by atoms with E-state index < -0.39 is 12.2 Å². The maximum atomic E-state index is 13.3. The van der Waals surface area contributed by atoms with Gasteiger partial charge >= 0.3 is 6.09 Å². The number of nitrogens with zero attached hydrogens (tertiary/aromatic N) is 2. The predicted octanol–water partition coefficient (Wildman–Crippen LogP) is 4.44. The number of aliphatic hydroxyl groups excluding tert-OH is 1. The Bertz CT molecular complexity index is 1450. The number of benzene rings is 1. The number of thiophene rings is 1. The van der Waals surface area contributed by atoms with E-state index in [9.17, 15) is 19.5 Å². The van der Waals surface area contributed by atoms with Crippen LogP contribution < -0.4 is 21.1 Å². The molecule has 3 aromatic rings. The van der Waals surface area contributed by atoms with Gasteiger partial charge in [0, 0.05) is 23.5 Å². The van der Waals surface area contributed by atoms with Crippen LogP contribution in [-0.4, -0.2) is 59.6 Å². The van der Waals surface area contributed by atoms with E-state index in [1.807, 2.05) is 37.3 Å². The second-order valence-corrected chi connectivity index (χ2v) is 12.4. The summed E-state index contributed by atoms with van der Waals surface area (Å²) < 4.78 is 7.67. The molecule has 0 radical (unpaired) electrons. The third-order valence-corrected chi connectivity index (χ3v) is 8.92. The quantitative estimate of drug-likeness (QED) is 0.297. The van der Waals surface area contributed by atoms with Crippen LogP contribution in [0.25, 0.3) is 5.69 Å². The van der Waals surface area contributed by atoms with Crippen LogP contribution in [0.1, 0.15) is 52.9 Å². The van der Waals surface area contributed by atoms with Crippen molar-refractivity contribution in [1.82, 2.24) is 15.2 Å². The molecular formula is C30H35ClN4O5S. The SMILES string of the molecule is Cc1cc(N2C[C@H](CNC(=O)c3ccc(Cl)s3)OC2=O)ccc1-n1cccc(CCCNC2CCC(O)CC2)c1=O. The number of nitrogens with one attached hydrogen (secondary N) is 2. The molecule has 2 aromatic heterocycles. The van der Waals surface area contributed by atoms with Crippen LogP contribution in [0.2, 0.25) is 4.34 Å². The molecule has 0 unspecified atom stereocenters. The smallest absolute Gasteiger partial charge is 0.414 e. The van der Waals surface area contributed by atoms with Crippen molar-refractivity contribution in [2.75, 3.05) is 24.5 Å². The molecule has 1 atom stereocenters. The number of pyridine rings is 1. The van der Waals surface area contributed by atoms with Crippen molar-refractivity contribution < 1.29 is 19.4 Å². The van der Waals surface area contributed by atoms with Crippen molar-refractivity contribution in [3.63, 3.8) is 0 Å². The van der Waals surface area contributed by atoms with Gasteiger partial charge in [-0.05, 0) is 94.0 Å². The summed E-state index contributed by atoms with van der Waals surface area (Å²) in [7, 11) is 0. The highest BCUT2D eigenvalue weighted by molar-refractivity contribution is 7.18. The van der Waals surface area contributed by atoms with Crippen LogP contribution in [0.5, 0.6) is 0 Å². The van der Waals surface area contributed by atoms with Gasteiger partial charge in [0.1, 0.15) is 6.10 Å². The van der Waals surface area contributed by atoms with E-state index >= 15 is 0 Å². The first-order chi connectivity index (χ1) is 19.8. The van der Waals surface area contributed by atoms with Gasteiger partial charge < -0.3 is 20.5 Å². The van der Waals surface area contributed by atoms with Crippen LogP contribution in [0.15, 0.2) is 53.5 Å². The zero-order valence-corrected chi connectivity index (χ0v) is 24.5. The average Bonchev–Trinajstić information content (AvgIpc) is 3.57. The fourth-order valence-electron chi connectivity index (χ4n) is 5.43. The first-order valence-electron chi connectivity index (χ1n) is 14.0. The maximum absolute atomic E-state index is 13.3. The molecule has 3 heterocycles. The minimum atomic E-state index is -0.486. The summed E-state index contributed by atoms with van der Waals surface area (Å²) in [6.07, 6.45) is 5.86. The number of aromatic nitrogens is 1. The molecule has 1 aromatic carbocycles. The van der Waals surface area contributed by atoms with Gasteiger partial charge in [-0.15, -0.1) is 11.3 Å². The summed E-state index contributed by atoms with van der Waals surface area (Å²) >= 11 is 7.10. The van der Waals surface area contributed by atoms with Crippen molar-refractivity contribution >= 4 is 40.6 Å². The highest BCUT2D eigenvalue weighted by Gasteiger charge is 2.33. The Hall–Kier alpha value is -3.18. The van der Waals surface area contributed by atoms with Crippen molar-refractivity contribution in [3.05, 3.63) is 79.4 Å². The second-order valence-electron chi connectivity index (χ2n) is 10.7. The molecule has 1 aliphatic carbocycles. The van der Waals surface area contributed by atoms with Crippen molar-refractivity contribution in [3.8, 4) is 5.69 Å². The fraction of sp³-hybridized carbons (Fsp3) is 0.433. The Kier molecular flexibility index (Phi) is 9.44. The van der Waals surface area contributed by atoms with Gasteiger partial charge in [0.2, 0.25) is 0 Å². The number of carbonyl (C=O) groups excluding carboxylic acids is 2. The average molecular weight is 599 g/mol. The summed E-state index contributed by atoms with van der Waals surface area (Å²) in [5.74, 6) is -0.259. The number of ether oxygens (including phenoxy) is 1. The molecule has 0 spiro atoms. The second kappa shape index (κ2) is 13.2. The number of rotatable bonds is 10. The third-order valence-electron chi connectivity index (χ3n) is 7.69. The molecule has 11 heteroatoms. The van der Waals surface area contributed by atoms with E-state index in [2.05, 4.69) is 10.6 Å². The van der Waals surface area contributed by atoms with E-state index in [1.54, 1.807) is 22.9 Å². The molecule has 41 heavy (non-hydrogen) atoms. The van der Waals surface area contributed by atoms with Crippen molar-refractivity contribution in [1.29, 1.82) is 0 Å². The van der Waals surface area contributed by atoms with Gasteiger partial charge in [-0.3, -0.25) is 19.1 Å². The lowest BCUT2D eigenvalue weighted by molar-refractivity contribution is 0.0920. The lowest BCUT2D eigenvalue weighted by Crippen LogP contribution is -2.35. The number of amides is 2. The standard InChI is InChI=1S/C30H35ClN4O5S/c1-19-16-22(35-18-24(40-30(35)39)17-33-28(37)26-12-13-27(31)41-26)8-11-25(19)34-15-3-5-20(29(34)38)4-2-14-32-21-6-9-23(36)10-7-21/h3,5,8,11-13,15-16,21,23-24,32,36H,2,4,6-7,9-10,14,17-18H2,1H3,(H,33,37)/t21?,23?,24-/m0/s1. The van der Waals surface area contributed by atoms with Gasteiger partial charge in [-0.2, -0.15) is 0 Å². The molecule has 3 N–H and O–H groups in total. The molecule has 0 bridgehead atoms. The molecule has 2 amide bonds. The van der Waals surface area contributed by atoms with E-state index in [4.69, 9.17) is 16.3 Å². The first-order valence-corrected chi connectivity index (χ1v) is 15.2. The molecule has 1 saturated heterocycles. The topological polar surface area (TPSA) is 113 Å². The monoisotopic (exact) mass is 598 g/mol. The number of hydrogen-bond donors (Lipinski definition) is 3. The minimum Gasteiger partial charge on any atom is -0.442 e. The molecule has 2 fully saturated rings. The van der Waals surface area contributed by atoms with Gasteiger partial charge in [0.25, 0.3) is 11.5 Å². The van der Waals surface area contributed by atoms with E-state index in [0.29, 0.717) is 33.9 Å². The molecule has 5 rings (SSSR count). The number of halogens is 1. The van der Waals surface area contributed by atoms with Crippen molar-refractivity contribution in [2.45, 2.75) is 63.7 Å². The fourth-order valence-corrected chi connectivity index (χ4v) is 6.39. The highest BCUT2D eigenvalue weighted by Crippen LogP contribution is 2.26. The zero-order valence-electron chi connectivity index (χ0n) is 23.0. The highest BCUT2D eigenvalue weighted by atomic mass is 35.5. The van der Waals surface area contributed by atoms with Gasteiger partial charge in [-0.25, -0.2) is 4.79 Å². The van der Waals surface area contributed by atoms with Crippen LogP contribution in [0.4, 0.5) is 10.5 Å². The molecule has 1 saturated carbocycles. The van der Waals surface area contributed by atoms with Crippen LogP contribution in [0.3, 0.4) is 0 Å². The molecule has 218 valence electrons. The van der Waals surface area contributed by atoms with Gasteiger partial charge in [0.15, 0.2) is 0 Å². The number of hydrogen-bond acceptors (Lipinski definition) is 7. The Balaban J connectivity index is 1.18. The Morgan fingerprint density at radius 2 is 1.95 bits per heavy atom. The Labute approximate surface area is 248 Å². The van der Waals surface area contributed by atoms with Crippen LogP contribution in [0, 0.1) is 6.92 Å². The lowest BCUT2D eigenvalue weighted by Gasteiger charge is -2.26. The summed E-state index contributed by atoms with van der Waals surface area (Å²) in [5, 5.41) is 16.0. The predicted molar refractivity (Wildman–Crippen MR) is 161 cm³/mol. The third kappa shape index (κ3) is 7.19. The summed E-state index contributed by atoms with van der Waals surface area (Å²) in [4.78, 5) is 40.3. The summed E-state index contributed by atoms with van der Waals surface area (Å²) in [6.45, 7) is 3.24. The molecule has 9 nitrogen and oxygen atoms in total. The minimum absolute atomic E-state index is 0.0486. The van der Waals surface area contributed by atoms with Gasteiger partial charge in [0.05, 0.1) is 34.1 Å².